The van der Waals surface area contributed by atoms with Crippen LogP contribution in [0.3, 0.4) is 0 Å². The Morgan fingerprint density at radius 3 is 3.12 bits per heavy atom. The molecule has 90 valence electrons. The van der Waals surface area contributed by atoms with Gasteiger partial charge in [0.05, 0.1) is 17.3 Å². The lowest BCUT2D eigenvalue weighted by atomic mass is 10.0. The van der Waals surface area contributed by atoms with Crippen molar-refractivity contribution in [1.82, 2.24) is 4.37 Å². The van der Waals surface area contributed by atoms with E-state index in [9.17, 15) is 5.11 Å². The molecule has 3 nitrogen and oxygen atoms in total. The minimum absolute atomic E-state index is 0.228. The van der Waals surface area contributed by atoms with Crippen LogP contribution in [0.1, 0.15) is 19.3 Å². The van der Waals surface area contributed by atoms with Gasteiger partial charge in [-0.05, 0) is 42.9 Å². The highest BCUT2D eigenvalue weighted by molar-refractivity contribution is 7.13. The maximum absolute atomic E-state index is 9.47. The summed E-state index contributed by atoms with van der Waals surface area (Å²) in [5, 5.41) is 10.7. The molecule has 0 amide bonds. The van der Waals surface area contributed by atoms with Crippen LogP contribution in [0, 0.1) is 0 Å². The lowest BCUT2D eigenvalue weighted by molar-refractivity contribution is 0.240. The third-order valence-electron chi connectivity index (χ3n) is 3.47. The summed E-state index contributed by atoms with van der Waals surface area (Å²) in [4.78, 5) is 2.28. The Morgan fingerprint density at radius 1 is 1.35 bits per heavy atom. The van der Waals surface area contributed by atoms with Gasteiger partial charge in [-0.3, -0.25) is 0 Å². The largest absolute Gasteiger partial charge is 0.394 e. The highest BCUT2D eigenvalue weighted by Crippen LogP contribution is 2.32. The summed E-state index contributed by atoms with van der Waals surface area (Å²) in [6, 6.07) is 8.57. The molecular weight excluding hydrogens is 232 g/mol. The second-order valence-electron chi connectivity index (χ2n) is 4.53. The van der Waals surface area contributed by atoms with Crippen LogP contribution in [0.5, 0.6) is 0 Å². The van der Waals surface area contributed by atoms with Crippen LogP contribution in [-0.2, 0) is 0 Å². The molecule has 0 aliphatic carbocycles. The Bertz CT molecular complexity index is 511. The van der Waals surface area contributed by atoms with Crippen molar-refractivity contribution in [3.8, 4) is 0 Å². The van der Waals surface area contributed by atoms with Crippen LogP contribution in [0.2, 0.25) is 0 Å². The van der Waals surface area contributed by atoms with E-state index in [-0.39, 0.29) is 12.6 Å². The van der Waals surface area contributed by atoms with Crippen LogP contribution < -0.4 is 4.90 Å². The molecule has 0 spiro atoms. The molecule has 1 aromatic carbocycles. The molecule has 17 heavy (non-hydrogen) atoms. The molecule has 2 aromatic rings. The van der Waals surface area contributed by atoms with E-state index in [1.54, 1.807) is 11.5 Å². The number of fused-ring (bicyclic) bond motifs is 1. The fourth-order valence-electron chi connectivity index (χ4n) is 2.55. The molecule has 1 atom stereocenters. The van der Waals surface area contributed by atoms with Gasteiger partial charge in [0.25, 0.3) is 0 Å². The number of aliphatic hydroxyl groups is 1. The monoisotopic (exact) mass is 248 g/mol. The molecule has 1 aliphatic heterocycles. The lowest BCUT2D eigenvalue weighted by Crippen LogP contribution is -2.42. The summed E-state index contributed by atoms with van der Waals surface area (Å²) in [6.45, 7) is 1.24. The van der Waals surface area contributed by atoms with E-state index < -0.39 is 0 Å². The van der Waals surface area contributed by atoms with Crippen molar-refractivity contribution in [1.29, 1.82) is 0 Å². The second kappa shape index (κ2) is 4.63. The van der Waals surface area contributed by atoms with Gasteiger partial charge in [0, 0.05) is 11.9 Å². The van der Waals surface area contributed by atoms with Crippen LogP contribution >= 0.6 is 11.5 Å². The number of piperidine rings is 1. The summed E-state index contributed by atoms with van der Waals surface area (Å²) in [5.74, 6) is 1.06. The Kier molecular flexibility index (Phi) is 2.99. The molecule has 1 aromatic heterocycles. The zero-order chi connectivity index (χ0) is 11.7. The molecule has 1 saturated heterocycles. The van der Waals surface area contributed by atoms with E-state index >= 15 is 0 Å². The first-order chi connectivity index (χ1) is 8.40. The van der Waals surface area contributed by atoms with E-state index in [1.807, 2.05) is 6.07 Å². The van der Waals surface area contributed by atoms with Crippen molar-refractivity contribution in [2.45, 2.75) is 25.3 Å². The first-order valence-electron chi connectivity index (χ1n) is 6.12. The predicted molar refractivity (Wildman–Crippen MR) is 71.7 cm³/mol. The molecule has 0 radical (unpaired) electrons. The number of rotatable bonds is 2. The fraction of sp³-hybridized carbons (Fsp3) is 0.462. The number of anilines is 1. The Balaban J connectivity index is 2.01. The predicted octanol–water partition coefficient (Wildman–Crippen LogP) is 2.65. The van der Waals surface area contributed by atoms with Gasteiger partial charge >= 0.3 is 0 Å². The minimum Gasteiger partial charge on any atom is -0.394 e. The van der Waals surface area contributed by atoms with Crippen molar-refractivity contribution >= 4 is 27.4 Å². The Hall–Kier alpha value is -1.13. The van der Waals surface area contributed by atoms with Gasteiger partial charge < -0.3 is 10.0 Å². The zero-order valence-corrected chi connectivity index (χ0v) is 10.5. The maximum Gasteiger partial charge on any atom is 0.150 e. The van der Waals surface area contributed by atoms with Crippen LogP contribution in [-0.4, -0.2) is 28.7 Å². The van der Waals surface area contributed by atoms with E-state index in [0.717, 1.165) is 18.8 Å². The molecule has 4 heteroatoms. The first-order valence-corrected chi connectivity index (χ1v) is 6.89. The van der Waals surface area contributed by atoms with Gasteiger partial charge in [-0.1, -0.05) is 12.1 Å². The number of nitrogens with zero attached hydrogens (tertiary/aromatic N) is 2. The van der Waals surface area contributed by atoms with E-state index in [0.29, 0.717) is 0 Å². The number of aliphatic hydroxyl groups excluding tert-OH is 1. The molecule has 1 unspecified atom stereocenters. The smallest absolute Gasteiger partial charge is 0.150 e. The summed E-state index contributed by atoms with van der Waals surface area (Å²) >= 11 is 1.55. The molecule has 0 bridgehead atoms. The molecule has 0 saturated carbocycles. The molecule has 1 N–H and O–H groups in total. The van der Waals surface area contributed by atoms with Crippen molar-refractivity contribution in [3.05, 3.63) is 24.3 Å². The first kappa shape index (κ1) is 11.0. The zero-order valence-electron chi connectivity index (χ0n) is 9.67. The quantitative estimate of drug-likeness (QED) is 0.887. The topological polar surface area (TPSA) is 36.4 Å². The number of benzene rings is 1. The standard InChI is InChI=1S/C13H16N2OS/c16-9-10-5-3-4-8-15(10)13-11-6-1-2-7-12(11)17-14-13/h1-2,6-7,10,16H,3-5,8-9H2. The van der Waals surface area contributed by atoms with Crippen LogP contribution in [0.15, 0.2) is 24.3 Å². The summed E-state index contributed by atoms with van der Waals surface area (Å²) < 4.78 is 5.80. The fourth-order valence-corrected chi connectivity index (χ4v) is 3.33. The van der Waals surface area contributed by atoms with Gasteiger partial charge in [-0.25, -0.2) is 0 Å². The van der Waals surface area contributed by atoms with E-state index in [2.05, 4.69) is 27.5 Å². The van der Waals surface area contributed by atoms with Gasteiger partial charge in [-0.15, -0.1) is 0 Å². The van der Waals surface area contributed by atoms with Crippen molar-refractivity contribution in [2.75, 3.05) is 18.1 Å². The summed E-state index contributed by atoms with van der Waals surface area (Å²) in [5.41, 5.74) is 0. The molecule has 2 heterocycles. The summed E-state index contributed by atoms with van der Waals surface area (Å²) in [7, 11) is 0. The highest BCUT2D eigenvalue weighted by Gasteiger charge is 2.24. The van der Waals surface area contributed by atoms with Crippen molar-refractivity contribution in [3.63, 3.8) is 0 Å². The SMILES string of the molecule is OCC1CCCCN1c1nsc2ccccc12. The van der Waals surface area contributed by atoms with Crippen molar-refractivity contribution < 1.29 is 5.11 Å². The number of hydrogen-bond acceptors (Lipinski definition) is 4. The van der Waals surface area contributed by atoms with Gasteiger partial charge in [0.2, 0.25) is 0 Å². The van der Waals surface area contributed by atoms with Crippen molar-refractivity contribution in [2.24, 2.45) is 0 Å². The Morgan fingerprint density at radius 2 is 2.24 bits per heavy atom. The van der Waals surface area contributed by atoms with Crippen LogP contribution in [0.25, 0.3) is 10.1 Å². The average Bonchev–Trinajstić information content (AvgIpc) is 2.82. The Labute approximate surface area is 105 Å². The third kappa shape index (κ3) is 1.91. The van der Waals surface area contributed by atoms with Crippen LogP contribution in [0.4, 0.5) is 5.82 Å². The third-order valence-corrected chi connectivity index (χ3v) is 4.29. The molecule has 1 fully saturated rings. The summed E-state index contributed by atoms with van der Waals surface area (Å²) in [6.07, 6.45) is 3.48. The lowest BCUT2D eigenvalue weighted by Gasteiger charge is -2.35. The average molecular weight is 248 g/mol. The molecule has 1 aliphatic rings. The normalized spacial score (nSPS) is 21.0. The minimum atomic E-state index is 0.228. The maximum atomic E-state index is 9.47. The molecule has 3 rings (SSSR count). The van der Waals surface area contributed by atoms with E-state index in [1.165, 1.54) is 22.9 Å². The number of hydrogen-bond donors (Lipinski definition) is 1. The van der Waals surface area contributed by atoms with E-state index in [4.69, 9.17) is 0 Å². The van der Waals surface area contributed by atoms with Gasteiger partial charge in [0.15, 0.2) is 0 Å². The van der Waals surface area contributed by atoms with Gasteiger partial charge in [0.1, 0.15) is 5.82 Å². The number of aromatic nitrogens is 1. The highest BCUT2D eigenvalue weighted by atomic mass is 32.1. The van der Waals surface area contributed by atoms with Gasteiger partial charge in [-0.2, -0.15) is 4.37 Å². The molecular formula is C13H16N2OS. The second-order valence-corrected chi connectivity index (χ2v) is 5.33.